The molecule has 1 N–H and O–H groups in total. The van der Waals surface area contributed by atoms with Crippen LogP contribution in [0, 0.1) is 6.07 Å². The van der Waals surface area contributed by atoms with E-state index in [0.29, 0.717) is 5.56 Å². The normalized spacial score (nSPS) is 10.6. The zero-order valence-corrected chi connectivity index (χ0v) is 8.73. The lowest BCUT2D eigenvalue weighted by Gasteiger charge is -1.99. The summed E-state index contributed by atoms with van der Waals surface area (Å²) in [5, 5.41) is 9.51. The van der Waals surface area contributed by atoms with E-state index in [0.717, 1.165) is 10.9 Å². The molecule has 0 aliphatic heterocycles. The molecule has 81 valence electrons. The van der Waals surface area contributed by atoms with Gasteiger partial charge in [0.1, 0.15) is 6.54 Å². The van der Waals surface area contributed by atoms with Crippen LogP contribution in [0.25, 0.3) is 10.9 Å². The fourth-order valence-electron chi connectivity index (χ4n) is 1.74. The maximum absolute atomic E-state index is 11.4. The average molecular weight is 216 g/mol. The van der Waals surface area contributed by atoms with Crippen molar-refractivity contribution in [3.8, 4) is 0 Å². The summed E-state index contributed by atoms with van der Waals surface area (Å²) in [6.45, 7) is 1.32. The van der Waals surface area contributed by atoms with Crippen LogP contribution < -0.4 is 0 Å². The summed E-state index contributed by atoms with van der Waals surface area (Å²) in [5.74, 6) is -1.01. The van der Waals surface area contributed by atoms with E-state index < -0.39 is 5.97 Å². The summed E-state index contributed by atoms with van der Waals surface area (Å²) in [6, 6.07) is 8.04. The maximum Gasteiger partial charge on any atom is 0.323 e. The van der Waals surface area contributed by atoms with Crippen molar-refractivity contribution in [1.29, 1.82) is 0 Å². The number of Topliss-reactive ketones (excluding diaryl/α,β-unsaturated/α-hetero) is 1. The Labute approximate surface area is 92.1 Å². The van der Waals surface area contributed by atoms with Gasteiger partial charge in [0.2, 0.25) is 0 Å². The average Bonchev–Trinajstić information content (AvgIpc) is 2.57. The van der Waals surface area contributed by atoms with E-state index in [2.05, 4.69) is 6.07 Å². The van der Waals surface area contributed by atoms with Gasteiger partial charge in [-0.3, -0.25) is 9.59 Å². The van der Waals surface area contributed by atoms with Gasteiger partial charge in [0.05, 0.1) is 0 Å². The monoisotopic (exact) mass is 216 g/mol. The highest BCUT2D eigenvalue weighted by molar-refractivity contribution is 6.07. The highest BCUT2D eigenvalue weighted by Gasteiger charge is 2.12. The van der Waals surface area contributed by atoms with Crippen molar-refractivity contribution in [1.82, 2.24) is 4.57 Å². The number of carboxylic acids is 1. The van der Waals surface area contributed by atoms with Gasteiger partial charge in [-0.05, 0) is 25.1 Å². The van der Waals surface area contributed by atoms with E-state index in [4.69, 9.17) is 5.11 Å². The first kappa shape index (κ1) is 10.4. The van der Waals surface area contributed by atoms with E-state index in [-0.39, 0.29) is 12.3 Å². The van der Waals surface area contributed by atoms with Crippen LogP contribution in [0.3, 0.4) is 0 Å². The Morgan fingerprint density at radius 1 is 1.50 bits per heavy atom. The lowest BCUT2D eigenvalue weighted by atomic mass is 10.1. The Bertz CT molecular complexity index is 569. The number of ketones is 1. The third-order valence-electron chi connectivity index (χ3n) is 2.41. The topological polar surface area (TPSA) is 59.3 Å². The number of benzene rings is 1. The van der Waals surface area contributed by atoms with E-state index in [1.54, 1.807) is 29.0 Å². The minimum Gasteiger partial charge on any atom is -0.480 e. The zero-order valence-electron chi connectivity index (χ0n) is 8.73. The molecule has 2 aromatic rings. The van der Waals surface area contributed by atoms with Gasteiger partial charge in [-0.15, -0.1) is 0 Å². The molecular formula is C12H10NO3. The van der Waals surface area contributed by atoms with E-state index in [9.17, 15) is 9.59 Å². The molecule has 4 nitrogen and oxygen atoms in total. The van der Waals surface area contributed by atoms with Gasteiger partial charge in [-0.1, -0.05) is 6.07 Å². The van der Waals surface area contributed by atoms with Crippen LogP contribution in [0.5, 0.6) is 0 Å². The lowest BCUT2D eigenvalue weighted by Crippen LogP contribution is -2.07. The highest BCUT2D eigenvalue weighted by atomic mass is 16.4. The molecule has 2 rings (SSSR count). The lowest BCUT2D eigenvalue weighted by molar-refractivity contribution is -0.137. The third kappa shape index (κ3) is 1.69. The zero-order chi connectivity index (χ0) is 11.7. The smallest absolute Gasteiger partial charge is 0.323 e. The standard InChI is InChI=1S/C12H10NO3/c1-8(14)10-6-13(7-12(15)16)11-5-3-2-4-9(10)11/h3-6H,7H2,1H3,(H,15,16). The second-order valence-corrected chi connectivity index (χ2v) is 3.56. The maximum atomic E-state index is 11.4. The molecule has 1 aromatic heterocycles. The van der Waals surface area contributed by atoms with Crippen molar-refractivity contribution in [3.63, 3.8) is 0 Å². The molecule has 0 fully saturated rings. The Balaban J connectivity index is 2.66. The predicted molar refractivity (Wildman–Crippen MR) is 58.4 cm³/mol. The first-order valence-electron chi connectivity index (χ1n) is 4.81. The first-order chi connectivity index (χ1) is 7.59. The van der Waals surface area contributed by atoms with Crippen molar-refractivity contribution in [2.24, 2.45) is 0 Å². The van der Waals surface area contributed by atoms with Crippen molar-refractivity contribution in [3.05, 3.63) is 36.0 Å². The summed E-state index contributed by atoms with van der Waals surface area (Å²) < 4.78 is 1.56. The van der Waals surface area contributed by atoms with E-state index in [1.807, 2.05) is 0 Å². The Morgan fingerprint density at radius 2 is 2.25 bits per heavy atom. The fraction of sp³-hybridized carbons (Fsp3) is 0.167. The van der Waals surface area contributed by atoms with Crippen LogP contribution in [0.4, 0.5) is 0 Å². The summed E-state index contributed by atoms with van der Waals surface area (Å²) >= 11 is 0. The van der Waals surface area contributed by atoms with Crippen LogP contribution >= 0.6 is 0 Å². The number of aliphatic carboxylic acids is 1. The van der Waals surface area contributed by atoms with Gasteiger partial charge in [0.15, 0.2) is 5.78 Å². The molecule has 0 saturated carbocycles. The van der Waals surface area contributed by atoms with Gasteiger partial charge < -0.3 is 9.67 Å². The van der Waals surface area contributed by atoms with Gasteiger partial charge in [0.25, 0.3) is 0 Å². The van der Waals surface area contributed by atoms with Gasteiger partial charge in [0, 0.05) is 22.7 Å². The second-order valence-electron chi connectivity index (χ2n) is 3.56. The minimum absolute atomic E-state index is 0.0752. The van der Waals surface area contributed by atoms with E-state index in [1.165, 1.54) is 6.92 Å². The highest BCUT2D eigenvalue weighted by Crippen LogP contribution is 2.21. The number of aromatic nitrogens is 1. The number of rotatable bonds is 3. The number of carboxylic acid groups (broad SMARTS) is 1. The quantitative estimate of drug-likeness (QED) is 0.795. The van der Waals surface area contributed by atoms with Gasteiger partial charge >= 0.3 is 5.97 Å². The predicted octanol–water partition coefficient (Wildman–Crippen LogP) is 1.73. The molecular weight excluding hydrogens is 206 g/mol. The molecule has 0 unspecified atom stereocenters. The fourth-order valence-corrected chi connectivity index (χ4v) is 1.74. The molecule has 0 aliphatic rings. The van der Waals surface area contributed by atoms with E-state index >= 15 is 0 Å². The van der Waals surface area contributed by atoms with Crippen LogP contribution in [0.15, 0.2) is 24.4 Å². The van der Waals surface area contributed by atoms with Gasteiger partial charge in [-0.25, -0.2) is 0 Å². The molecule has 4 heteroatoms. The summed E-state index contributed by atoms with van der Waals surface area (Å²) in [7, 11) is 0. The number of hydrogen-bond acceptors (Lipinski definition) is 2. The molecule has 1 radical (unpaired) electrons. The van der Waals surface area contributed by atoms with Crippen LogP contribution in [0.1, 0.15) is 17.3 Å². The molecule has 1 aromatic carbocycles. The largest absolute Gasteiger partial charge is 0.480 e. The second kappa shape index (κ2) is 3.81. The summed E-state index contributed by atoms with van der Waals surface area (Å²) in [5.41, 5.74) is 1.28. The number of carbonyl (C=O) groups is 2. The van der Waals surface area contributed by atoms with Crippen LogP contribution in [-0.4, -0.2) is 21.4 Å². The van der Waals surface area contributed by atoms with Crippen molar-refractivity contribution in [2.75, 3.05) is 0 Å². The number of nitrogens with zero attached hydrogens (tertiary/aromatic N) is 1. The third-order valence-corrected chi connectivity index (χ3v) is 2.41. The molecule has 0 saturated heterocycles. The number of fused-ring (bicyclic) bond motifs is 1. The molecule has 0 bridgehead atoms. The molecule has 16 heavy (non-hydrogen) atoms. The van der Waals surface area contributed by atoms with Crippen molar-refractivity contribution >= 4 is 22.7 Å². The number of hydrogen-bond donors (Lipinski definition) is 1. The Morgan fingerprint density at radius 3 is 2.88 bits per heavy atom. The molecule has 0 spiro atoms. The van der Waals surface area contributed by atoms with Gasteiger partial charge in [-0.2, -0.15) is 0 Å². The summed E-state index contributed by atoms with van der Waals surface area (Å²) in [4.78, 5) is 22.1. The Hall–Kier alpha value is -2.10. The SMILES string of the molecule is CC(=O)c1cn(CC(=O)O)c2cc[c]cc12. The van der Waals surface area contributed by atoms with Crippen molar-refractivity contribution < 1.29 is 14.7 Å². The Kier molecular flexibility index (Phi) is 2.48. The number of carbonyl (C=O) groups excluding carboxylic acids is 1. The first-order valence-corrected chi connectivity index (χ1v) is 4.81. The minimum atomic E-state index is -0.931. The van der Waals surface area contributed by atoms with Crippen molar-refractivity contribution in [2.45, 2.75) is 13.5 Å². The molecule has 0 atom stereocenters. The van der Waals surface area contributed by atoms with Crippen LogP contribution in [-0.2, 0) is 11.3 Å². The summed E-state index contributed by atoms with van der Waals surface area (Å²) in [6.07, 6.45) is 1.58. The molecule has 0 aliphatic carbocycles. The molecule has 1 heterocycles. The molecule has 0 amide bonds. The van der Waals surface area contributed by atoms with Crippen LogP contribution in [0.2, 0.25) is 0 Å².